The normalized spacial score (nSPS) is 12.7. The SMILES string of the molecule is CCN(C=O)CC.Cc1cccc(N2CCc3nc(N)ncc3C2)c1. The van der Waals surface area contributed by atoms with Crippen LogP contribution in [0.1, 0.15) is 30.7 Å². The molecular weight excluding hydrogens is 314 g/mol. The smallest absolute Gasteiger partial charge is 0.220 e. The van der Waals surface area contributed by atoms with Gasteiger partial charge >= 0.3 is 0 Å². The molecule has 1 aromatic carbocycles. The van der Waals surface area contributed by atoms with E-state index >= 15 is 0 Å². The molecule has 6 heteroatoms. The lowest BCUT2D eigenvalue weighted by Crippen LogP contribution is -2.31. The summed E-state index contributed by atoms with van der Waals surface area (Å²) in [6, 6.07) is 8.57. The number of nitrogen functional groups attached to an aromatic ring is 1. The van der Waals surface area contributed by atoms with Crippen LogP contribution in [0.3, 0.4) is 0 Å². The summed E-state index contributed by atoms with van der Waals surface area (Å²) >= 11 is 0. The fraction of sp³-hybridized carbons (Fsp3) is 0.421. The van der Waals surface area contributed by atoms with Crippen LogP contribution in [0.15, 0.2) is 30.5 Å². The van der Waals surface area contributed by atoms with Gasteiger partial charge in [-0.25, -0.2) is 9.97 Å². The standard InChI is InChI=1S/C14H16N4.C5H11NO/c1-10-3-2-4-12(7-10)18-6-5-13-11(9-18)8-16-14(15)17-13;1-3-6(4-2)5-7/h2-4,7-8H,5-6,9H2,1H3,(H2,15,16,17);5H,3-4H2,1-2H3. The monoisotopic (exact) mass is 341 g/mol. The predicted octanol–water partition coefficient (Wildman–Crippen LogP) is 2.41. The molecule has 134 valence electrons. The van der Waals surface area contributed by atoms with Crippen LogP contribution in [0.25, 0.3) is 0 Å². The first-order valence-corrected chi connectivity index (χ1v) is 8.68. The molecule has 2 heterocycles. The van der Waals surface area contributed by atoms with E-state index in [0.29, 0.717) is 5.95 Å². The van der Waals surface area contributed by atoms with Crippen molar-refractivity contribution in [3.05, 3.63) is 47.3 Å². The van der Waals surface area contributed by atoms with Crippen LogP contribution in [0, 0.1) is 6.92 Å². The third kappa shape index (κ3) is 5.17. The highest BCUT2D eigenvalue weighted by Crippen LogP contribution is 2.23. The van der Waals surface area contributed by atoms with Gasteiger partial charge in [0.05, 0.1) is 5.69 Å². The molecule has 0 aliphatic carbocycles. The molecule has 3 rings (SSSR count). The van der Waals surface area contributed by atoms with E-state index in [1.54, 1.807) is 4.90 Å². The maximum Gasteiger partial charge on any atom is 0.220 e. The fourth-order valence-corrected chi connectivity index (χ4v) is 2.75. The number of aryl methyl sites for hydroxylation is 1. The molecule has 2 aromatic rings. The summed E-state index contributed by atoms with van der Waals surface area (Å²) in [5, 5.41) is 0. The molecule has 1 aromatic heterocycles. The highest BCUT2D eigenvalue weighted by atomic mass is 16.1. The molecule has 6 nitrogen and oxygen atoms in total. The molecule has 0 spiro atoms. The maximum atomic E-state index is 9.89. The fourth-order valence-electron chi connectivity index (χ4n) is 2.75. The number of carbonyl (C=O) groups is 1. The van der Waals surface area contributed by atoms with Gasteiger partial charge in [0.2, 0.25) is 12.4 Å². The Bertz CT molecular complexity index is 700. The van der Waals surface area contributed by atoms with Gasteiger partial charge in [-0.15, -0.1) is 0 Å². The van der Waals surface area contributed by atoms with Crippen molar-refractivity contribution < 1.29 is 4.79 Å². The van der Waals surface area contributed by atoms with Gasteiger partial charge in [-0.1, -0.05) is 12.1 Å². The summed E-state index contributed by atoms with van der Waals surface area (Å²) in [7, 11) is 0. The second-order valence-electron chi connectivity index (χ2n) is 6.04. The van der Waals surface area contributed by atoms with Gasteiger partial charge in [-0.3, -0.25) is 4.79 Å². The topological polar surface area (TPSA) is 75.4 Å². The zero-order valence-electron chi connectivity index (χ0n) is 15.3. The molecule has 0 saturated carbocycles. The molecule has 0 bridgehead atoms. The Hall–Kier alpha value is -2.63. The third-order valence-electron chi connectivity index (χ3n) is 4.28. The van der Waals surface area contributed by atoms with E-state index < -0.39 is 0 Å². The molecule has 0 unspecified atom stereocenters. The van der Waals surface area contributed by atoms with Gasteiger partial charge in [-0.2, -0.15) is 0 Å². The molecule has 2 N–H and O–H groups in total. The Labute approximate surface area is 149 Å². The van der Waals surface area contributed by atoms with E-state index in [9.17, 15) is 4.79 Å². The van der Waals surface area contributed by atoms with Crippen molar-refractivity contribution in [1.29, 1.82) is 0 Å². The van der Waals surface area contributed by atoms with Gasteiger partial charge in [0.1, 0.15) is 0 Å². The van der Waals surface area contributed by atoms with Crippen molar-refractivity contribution in [3.63, 3.8) is 0 Å². The first-order chi connectivity index (χ1) is 12.1. The highest BCUT2D eigenvalue weighted by Gasteiger charge is 2.18. The van der Waals surface area contributed by atoms with E-state index in [2.05, 4.69) is 46.1 Å². The summed E-state index contributed by atoms with van der Waals surface area (Å²) in [5.41, 5.74) is 10.4. The van der Waals surface area contributed by atoms with Crippen LogP contribution in [-0.4, -0.2) is 40.9 Å². The molecular formula is C19H27N5O. The lowest BCUT2D eigenvalue weighted by Gasteiger charge is -2.30. The van der Waals surface area contributed by atoms with Crippen LogP contribution < -0.4 is 10.6 Å². The second-order valence-corrected chi connectivity index (χ2v) is 6.04. The van der Waals surface area contributed by atoms with Gasteiger partial charge in [-0.05, 0) is 38.5 Å². The van der Waals surface area contributed by atoms with Crippen molar-refractivity contribution in [2.24, 2.45) is 0 Å². The van der Waals surface area contributed by atoms with E-state index in [1.807, 2.05) is 20.0 Å². The molecule has 25 heavy (non-hydrogen) atoms. The number of rotatable bonds is 4. The first kappa shape index (κ1) is 18.7. The summed E-state index contributed by atoms with van der Waals surface area (Å²) in [5.74, 6) is 0.373. The predicted molar refractivity (Wildman–Crippen MR) is 101 cm³/mol. The molecule has 1 aliphatic rings. The zero-order valence-corrected chi connectivity index (χ0v) is 15.3. The number of fused-ring (bicyclic) bond motifs is 1. The first-order valence-electron chi connectivity index (χ1n) is 8.68. The summed E-state index contributed by atoms with van der Waals surface area (Å²) in [6.45, 7) is 9.51. The van der Waals surface area contributed by atoms with Crippen LogP contribution in [-0.2, 0) is 17.8 Å². The second kappa shape index (κ2) is 9.01. The minimum Gasteiger partial charge on any atom is -0.368 e. The zero-order chi connectivity index (χ0) is 18.2. The Morgan fingerprint density at radius 2 is 2.08 bits per heavy atom. The quantitative estimate of drug-likeness (QED) is 0.865. The number of aromatic nitrogens is 2. The molecule has 0 fully saturated rings. The summed E-state index contributed by atoms with van der Waals surface area (Å²) in [6.07, 6.45) is 3.63. The Morgan fingerprint density at radius 1 is 1.32 bits per heavy atom. The number of amides is 1. The average Bonchev–Trinajstić information content (AvgIpc) is 2.63. The number of benzene rings is 1. The van der Waals surface area contributed by atoms with Crippen LogP contribution in [0.5, 0.6) is 0 Å². The van der Waals surface area contributed by atoms with Gasteiger partial charge < -0.3 is 15.5 Å². The van der Waals surface area contributed by atoms with E-state index in [4.69, 9.17) is 5.73 Å². The number of anilines is 2. The third-order valence-corrected chi connectivity index (χ3v) is 4.28. The lowest BCUT2D eigenvalue weighted by atomic mass is 10.1. The summed E-state index contributed by atoms with van der Waals surface area (Å²) < 4.78 is 0. The van der Waals surface area contributed by atoms with Gasteiger partial charge in [0.25, 0.3) is 0 Å². The largest absolute Gasteiger partial charge is 0.368 e. The van der Waals surface area contributed by atoms with Crippen LogP contribution in [0.4, 0.5) is 11.6 Å². The Morgan fingerprint density at radius 3 is 2.68 bits per heavy atom. The highest BCUT2D eigenvalue weighted by molar-refractivity contribution is 5.50. The van der Waals surface area contributed by atoms with Crippen molar-refractivity contribution >= 4 is 18.0 Å². The minimum absolute atomic E-state index is 0.373. The maximum absolute atomic E-state index is 9.89. The molecule has 1 aliphatic heterocycles. The summed E-state index contributed by atoms with van der Waals surface area (Å²) in [4.78, 5) is 22.3. The Kier molecular flexibility index (Phi) is 6.74. The lowest BCUT2D eigenvalue weighted by molar-refractivity contribution is -0.117. The van der Waals surface area contributed by atoms with Crippen molar-refractivity contribution in [2.75, 3.05) is 30.3 Å². The van der Waals surface area contributed by atoms with Crippen LogP contribution >= 0.6 is 0 Å². The van der Waals surface area contributed by atoms with E-state index in [1.165, 1.54) is 16.8 Å². The number of hydrogen-bond donors (Lipinski definition) is 1. The van der Waals surface area contributed by atoms with Gasteiger partial charge in [0.15, 0.2) is 0 Å². The molecule has 0 radical (unpaired) electrons. The number of carbonyl (C=O) groups excluding carboxylic acids is 1. The molecule has 0 atom stereocenters. The van der Waals surface area contributed by atoms with Crippen molar-refractivity contribution in [3.8, 4) is 0 Å². The van der Waals surface area contributed by atoms with Crippen molar-refractivity contribution in [1.82, 2.24) is 14.9 Å². The number of nitrogens with two attached hydrogens (primary N) is 1. The average molecular weight is 341 g/mol. The number of hydrogen-bond acceptors (Lipinski definition) is 5. The number of nitrogens with zero attached hydrogens (tertiary/aromatic N) is 4. The van der Waals surface area contributed by atoms with E-state index in [-0.39, 0.29) is 0 Å². The minimum atomic E-state index is 0.373. The molecule has 1 amide bonds. The van der Waals surface area contributed by atoms with E-state index in [0.717, 1.165) is 44.7 Å². The van der Waals surface area contributed by atoms with Gasteiger partial charge in [0, 0.05) is 50.0 Å². The Balaban J connectivity index is 0.000000277. The molecule has 0 saturated heterocycles. The van der Waals surface area contributed by atoms with Crippen molar-refractivity contribution in [2.45, 2.75) is 33.7 Å². The van der Waals surface area contributed by atoms with Crippen LogP contribution in [0.2, 0.25) is 0 Å².